The predicted molar refractivity (Wildman–Crippen MR) is 54.4 cm³/mol. The lowest BCUT2D eigenvalue weighted by Gasteiger charge is -2.06. The van der Waals surface area contributed by atoms with E-state index >= 15 is 0 Å². The topological polar surface area (TPSA) is 105 Å². The van der Waals surface area contributed by atoms with Crippen molar-refractivity contribution < 1.29 is 14.7 Å². The molecule has 2 amide bonds. The van der Waals surface area contributed by atoms with Crippen molar-refractivity contribution in [1.29, 1.82) is 0 Å². The maximum Gasteiger partial charge on any atom is 0.263 e. The monoisotopic (exact) mass is 229 g/mol. The Labute approximate surface area is 90.1 Å². The third-order valence-corrected chi connectivity index (χ3v) is 2.54. The van der Waals surface area contributed by atoms with Crippen molar-refractivity contribution in [2.24, 2.45) is 5.73 Å². The largest absolute Gasteiger partial charge is 0.381 e. The second-order valence-electron chi connectivity index (χ2n) is 2.87. The number of aliphatic hydroxyl groups excluding tert-OH is 1. The zero-order valence-electron chi connectivity index (χ0n) is 8.06. The van der Waals surface area contributed by atoms with Gasteiger partial charge in [0.05, 0.1) is 17.7 Å². The number of aromatic nitrogens is 1. The number of aryl methyl sites for hydroxylation is 1. The summed E-state index contributed by atoms with van der Waals surface area (Å²) in [6.07, 6.45) is 0.0781. The Bertz CT molecular complexity index is 377. The smallest absolute Gasteiger partial charge is 0.263 e. The Morgan fingerprint density at radius 2 is 2.40 bits per heavy atom. The average Bonchev–Trinajstić information content (AvgIpc) is 2.60. The molecule has 1 atom stereocenters. The summed E-state index contributed by atoms with van der Waals surface area (Å²) in [6.45, 7) is 1.59. The molecule has 0 spiro atoms. The first kappa shape index (κ1) is 11.6. The fraction of sp³-hybridized carbons (Fsp3) is 0.375. The fourth-order valence-corrected chi connectivity index (χ4v) is 1.54. The minimum absolute atomic E-state index is 0.189. The molecule has 1 aromatic heterocycles. The minimum Gasteiger partial charge on any atom is -0.381 e. The van der Waals surface area contributed by atoms with Crippen molar-refractivity contribution in [3.8, 4) is 0 Å². The van der Waals surface area contributed by atoms with Crippen LogP contribution in [0.25, 0.3) is 0 Å². The first-order valence-electron chi connectivity index (χ1n) is 4.18. The molecule has 1 rings (SSSR count). The van der Waals surface area contributed by atoms with Gasteiger partial charge in [-0.05, 0) is 6.92 Å². The molecule has 0 saturated heterocycles. The van der Waals surface area contributed by atoms with Gasteiger partial charge < -0.3 is 16.2 Å². The summed E-state index contributed by atoms with van der Waals surface area (Å²) in [7, 11) is 0. The van der Waals surface area contributed by atoms with Gasteiger partial charge in [0.1, 0.15) is 11.0 Å². The summed E-state index contributed by atoms with van der Waals surface area (Å²) in [5.74, 6) is -1.24. The first-order valence-corrected chi connectivity index (χ1v) is 5.00. The molecule has 1 unspecified atom stereocenters. The van der Waals surface area contributed by atoms with Crippen LogP contribution in [0.15, 0.2) is 6.20 Å². The Morgan fingerprint density at radius 1 is 1.73 bits per heavy atom. The first-order chi connectivity index (χ1) is 7.00. The quantitative estimate of drug-likeness (QED) is 0.617. The van der Waals surface area contributed by atoms with Crippen LogP contribution in [0.1, 0.15) is 14.7 Å². The van der Waals surface area contributed by atoms with Gasteiger partial charge in [0.15, 0.2) is 0 Å². The molecule has 6 nitrogen and oxygen atoms in total. The molecule has 4 N–H and O–H groups in total. The highest BCUT2D eigenvalue weighted by molar-refractivity contribution is 7.13. The van der Waals surface area contributed by atoms with Crippen LogP contribution in [-0.4, -0.2) is 34.6 Å². The van der Waals surface area contributed by atoms with Crippen molar-refractivity contribution in [2.45, 2.75) is 13.0 Å². The van der Waals surface area contributed by atoms with Crippen molar-refractivity contribution in [3.63, 3.8) is 0 Å². The average molecular weight is 229 g/mol. The van der Waals surface area contributed by atoms with Crippen LogP contribution in [0.5, 0.6) is 0 Å². The number of aliphatic hydroxyl groups is 1. The number of amides is 2. The van der Waals surface area contributed by atoms with Gasteiger partial charge in [-0.15, -0.1) is 11.3 Å². The van der Waals surface area contributed by atoms with Gasteiger partial charge in [-0.2, -0.15) is 0 Å². The Kier molecular flexibility index (Phi) is 3.75. The molecule has 0 aliphatic rings. The molecule has 1 heterocycles. The van der Waals surface area contributed by atoms with Crippen molar-refractivity contribution in [2.75, 3.05) is 6.54 Å². The molecule has 1 aromatic rings. The van der Waals surface area contributed by atoms with Gasteiger partial charge in [-0.25, -0.2) is 4.98 Å². The van der Waals surface area contributed by atoms with Crippen LogP contribution in [0, 0.1) is 6.92 Å². The molecule has 0 aliphatic heterocycles. The normalized spacial score (nSPS) is 12.1. The summed E-state index contributed by atoms with van der Waals surface area (Å²) >= 11 is 1.23. The van der Waals surface area contributed by atoms with E-state index in [1.54, 1.807) is 6.92 Å². The summed E-state index contributed by atoms with van der Waals surface area (Å²) in [4.78, 5) is 26.2. The summed E-state index contributed by atoms with van der Waals surface area (Å²) in [5, 5.41) is 12.2. The lowest BCUT2D eigenvalue weighted by molar-refractivity contribution is -0.125. The van der Waals surface area contributed by atoms with Crippen LogP contribution in [0.3, 0.4) is 0 Å². The summed E-state index contributed by atoms with van der Waals surface area (Å²) in [6, 6.07) is 0. The fourth-order valence-electron chi connectivity index (χ4n) is 0.843. The number of nitrogens with two attached hydrogens (primary N) is 1. The van der Waals surface area contributed by atoms with Crippen LogP contribution in [0.2, 0.25) is 0 Å². The summed E-state index contributed by atoms with van der Waals surface area (Å²) in [5.41, 5.74) is 4.82. The van der Waals surface area contributed by atoms with E-state index < -0.39 is 12.0 Å². The predicted octanol–water partition coefficient (Wildman–Crippen LogP) is -0.972. The van der Waals surface area contributed by atoms with E-state index in [1.807, 2.05) is 0 Å². The van der Waals surface area contributed by atoms with E-state index in [4.69, 9.17) is 10.8 Å². The van der Waals surface area contributed by atoms with Crippen molar-refractivity contribution >= 4 is 23.2 Å². The maximum absolute atomic E-state index is 11.4. The molecule has 0 bridgehead atoms. The van der Waals surface area contributed by atoms with Crippen LogP contribution >= 0.6 is 11.3 Å². The van der Waals surface area contributed by atoms with Crippen LogP contribution in [-0.2, 0) is 4.79 Å². The highest BCUT2D eigenvalue weighted by atomic mass is 32.1. The number of carbonyl (C=O) groups excluding carboxylic acids is 2. The molecule has 0 fully saturated rings. The standard InChI is InChI=1S/C8H11N3O3S/c1-4-10-3-6(15-4)8(14)11-2-5(12)7(9)13/h3,5,12H,2H2,1H3,(H2,9,13)(H,11,14). The molecule has 0 aliphatic carbocycles. The van der Waals surface area contributed by atoms with Gasteiger partial charge in [-0.1, -0.05) is 0 Å². The lowest BCUT2D eigenvalue weighted by Crippen LogP contribution is -2.39. The van der Waals surface area contributed by atoms with Gasteiger partial charge in [0.2, 0.25) is 5.91 Å². The van der Waals surface area contributed by atoms with Gasteiger partial charge in [0.25, 0.3) is 5.91 Å². The molecule has 82 valence electrons. The lowest BCUT2D eigenvalue weighted by atomic mass is 10.3. The SMILES string of the molecule is Cc1ncc(C(=O)NCC(O)C(N)=O)s1. The van der Waals surface area contributed by atoms with Crippen molar-refractivity contribution in [1.82, 2.24) is 10.3 Å². The number of carbonyl (C=O) groups is 2. The Hall–Kier alpha value is -1.47. The molecule has 0 aromatic carbocycles. The molecule has 0 saturated carbocycles. The number of hydrogen-bond donors (Lipinski definition) is 3. The summed E-state index contributed by atoms with van der Waals surface area (Å²) < 4.78 is 0. The Morgan fingerprint density at radius 3 is 2.87 bits per heavy atom. The molecule has 7 heteroatoms. The van der Waals surface area contributed by atoms with Gasteiger partial charge in [-0.3, -0.25) is 9.59 Å². The number of rotatable bonds is 4. The van der Waals surface area contributed by atoms with E-state index in [0.29, 0.717) is 4.88 Å². The molecular weight excluding hydrogens is 218 g/mol. The van der Waals surface area contributed by atoms with Crippen LogP contribution in [0.4, 0.5) is 0 Å². The van der Waals surface area contributed by atoms with Gasteiger partial charge >= 0.3 is 0 Å². The molecule has 0 radical (unpaired) electrons. The number of nitrogens with one attached hydrogen (secondary N) is 1. The van der Waals surface area contributed by atoms with E-state index in [9.17, 15) is 9.59 Å². The zero-order valence-corrected chi connectivity index (χ0v) is 8.87. The van der Waals surface area contributed by atoms with E-state index in [0.717, 1.165) is 5.01 Å². The highest BCUT2D eigenvalue weighted by Crippen LogP contribution is 2.10. The highest BCUT2D eigenvalue weighted by Gasteiger charge is 2.14. The van der Waals surface area contributed by atoms with E-state index in [1.165, 1.54) is 17.5 Å². The van der Waals surface area contributed by atoms with Crippen LogP contribution < -0.4 is 11.1 Å². The zero-order chi connectivity index (χ0) is 11.4. The molecule has 15 heavy (non-hydrogen) atoms. The van der Waals surface area contributed by atoms with Crippen molar-refractivity contribution in [3.05, 3.63) is 16.1 Å². The van der Waals surface area contributed by atoms with E-state index in [-0.39, 0.29) is 12.5 Å². The molecular formula is C8H11N3O3S. The number of thiazole rings is 1. The second kappa shape index (κ2) is 4.85. The number of hydrogen-bond acceptors (Lipinski definition) is 5. The third kappa shape index (κ3) is 3.30. The van der Waals surface area contributed by atoms with E-state index in [2.05, 4.69) is 10.3 Å². The minimum atomic E-state index is -1.36. The number of nitrogens with zero attached hydrogens (tertiary/aromatic N) is 1. The second-order valence-corrected chi connectivity index (χ2v) is 4.11. The maximum atomic E-state index is 11.4. The Balaban J connectivity index is 2.47. The van der Waals surface area contributed by atoms with Gasteiger partial charge in [0, 0.05) is 0 Å². The number of primary amides is 1. The third-order valence-electron chi connectivity index (χ3n) is 1.63.